The third-order valence-electron chi connectivity index (χ3n) is 6.23. The van der Waals surface area contributed by atoms with E-state index in [-0.39, 0.29) is 23.7 Å². The fourth-order valence-corrected chi connectivity index (χ4v) is 4.57. The first-order chi connectivity index (χ1) is 15.7. The van der Waals surface area contributed by atoms with Gasteiger partial charge < -0.3 is 10.3 Å². The molecule has 1 aromatic heterocycles. The quantitative estimate of drug-likeness (QED) is 0.449. The van der Waals surface area contributed by atoms with E-state index in [1.165, 1.54) is 5.56 Å². The molecule has 0 unspecified atom stereocenters. The zero-order chi connectivity index (χ0) is 21.7. The SMILES string of the molecule is O=C1NN=Cc2c(-c3ccccc3)[nH]c3cc(NC(=O)[C@H]4C[C@@H]4c4ccccc4)cc1c23. The van der Waals surface area contributed by atoms with E-state index < -0.39 is 0 Å². The molecule has 2 atom stereocenters. The third kappa shape index (κ3) is 3.08. The summed E-state index contributed by atoms with van der Waals surface area (Å²) in [4.78, 5) is 29.0. The summed E-state index contributed by atoms with van der Waals surface area (Å²) >= 11 is 0. The molecule has 156 valence electrons. The van der Waals surface area contributed by atoms with E-state index in [4.69, 9.17) is 0 Å². The Morgan fingerprint density at radius 1 is 1.00 bits per heavy atom. The first-order valence-electron chi connectivity index (χ1n) is 10.6. The number of benzene rings is 3. The zero-order valence-corrected chi connectivity index (χ0v) is 17.1. The van der Waals surface area contributed by atoms with E-state index in [0.29, 0.717) is 11.3 Å². The Bertz CT molecular complexity index is 1390. The number of hydrazone groups is 1. The van der Waals surface area contributed by atoms with E-state index in [9.17, 15) is 9.59 Å². The van der Waals surface area contributed by atoms with Gasteiger partial charge in [0, 0.05) is 28.1 Å². The number of carbonyl (C=O) groups excluding carboxylic acids is 2. The monoisotopic (exact) mass is 420 g/mol. The summed E-state index contributed by atoms with van der Waals surface area (Å²) in [6, 6.07) is 23.6. The maximum Gasteiger partial charge on any atom is 0.272 e. The van der Waals surface area contributed by atoms with Crippen molar-refractivity contribution in [3.8, 4) is 11.3 Å². The second-order valence-electron chi connectivity index (χ2n) is 8.27. The molecule has 2 aliphatic rings. The lowest BCUT2D eigenvalue weighted by Crippen LogP contribution is -2.18. The van der Waals surface area contributed by atoms with Gasteiger partial charge >= 0.3 is 0 Å². The highest BCUT2D eigenvalue weighted by Crippen LogP contribution is 2.48. The zero-order valence-electron chi connectivity index (χ0n) is 17.1. The molecule has 1 saturated carbocycles. The van der Waals surface area contributed by atoms with Crippen molar-refractivity contribution in [3.05, 3.63) is 89.5 Å². The minimum atomic E-state index is -0.298. The Kier molecular flexibility index (Phi) is 4.18. The molecule has 0 saturated heterocycles. The highest BCUT2D eigenvalue weighted by atomic mass is 16.2. The Morgan fingerprint density at radius 2 is 1.75 bits per heavy atom. The van der Waals surface area contributed by atoms with Crippen LogP contribution in [-0.2, 0) is 4.79 Å². The number of aromatic nitrogens is 1. The highest BCUT2D eigenvalue weighted by molar-refractivity contribution is 6.18. The Balaban J connectivity index is 1.36. The number of carbonyl (C=O) groups is 2. The number of rotatable bonds is 4. The van der Waals surface area contributed by atoms with Crippen LogP contribution in [0.1, 0.15) is 33.8 Å². The number of anilines is 1. The summed E-state index contributed by atoms with van der Waals surface area (Å²) in [7, 11) is 0. The number of hydrogen-bond acceptors (Lipinski definition) is 3. The van der Waals surface area contributed by atoms with Gasteiger partial charge in [0.2, 0.25) is 5.91 Å². The van der Waals surface area contributed by atoms with Gasteiger partial charge in [-0.15, -0.1) is 0 Å². The predicted octanol–water partition coefficient (Wildman–Crippen LogP) is 4.65. The van der Waals surface area contributed by atoms with Gasteiger partial charge in [0.15, 0.2) is 0 Å². The van der Waals surface area contributed by atoms with Gasteiger partial charge in [0.05, 0.1) is 17.5 Å². The number of aromatic amines is 1. The summed E-state index contributed by atoms with van der Waals surface area (Å²) in [5.74, 6) is -0.123. The molecule has 6 heteroatoms. The maximum absolute atomic E-state index is 12.9. The van der Waals surface area contributed by atoms with Crippen LogP contribution in [0.15, 0.2) is 77.9 Å². The molecular weight excluding hydrogens is 400 g/mol. The molecule has 1 fully saturated rings. The molecule has 2 amide bonds. The van der Waals surface area contributed by atoms with Gasteiger partial charge in [-0.2, -0.15) is 5.10 Å². The molecule has 1 aliphatic carbocycles. The molecular formula is C26H20N4O2. The second kappa shape index (κ2) is 7.20. The van der Waals surface area contributed by atoms with E-state index >= 15 is 0 Å². The first-order valence-corrected chi connectivity index (χ1v) is 10.6. The number of hydrogen-bond donors (Lipinski definition) is 3. The molecule has 2 heterocycles. The van der Waals surface area contributed by atoms with Crippen molar-refractivity contribution in [2.75, 3.05) is 5.32 Å². The minimum absolute atomic E-state index is 0.0225. The van der Waals surface area contributed by atoms with Crippen molar-refractivity contribution >= 4 is 34.6 Å². The molecule has 32 heavy (non-hydrogen) atoms. The first kappa shape index (κ1) is 18.6. The molecule has 4 aromatic rings. The second-order valence-corrected chi connectivity index (χ2v) is 8.27. The van der Waals surface area contributed by atoms with Gasteiger partial charge in [-0.25, -0.2) is 5.43 Å². The van der Waals surface area contributed by atoms with Crippen molar-refractivity contribution in [3.63, 3.8) is 0 Å². The Hall–Kier alpha value is -4.19. The summed E-state index contributed by atoms with van der Waals surface area (Å²) in [5, 5.41) is 7.91. The lowest BCUT2D eigenvalue weighted by atomic mass is 10.0. The summed E-state index contributed by atoms with van der Waals surface area (Å²) in [5.41, 5.74) is 8.35. The molecule has 0 bridgehead atoms. The van der Waals surface area contributed by atoms with Crippen LogP contribution >= 0.6 is 0 Å². The smallest absolute Gasteiger partial charge is 0.272 e. The molecule has 0 radical (unpaired) electrons. The van der Waals surface area contributed by atoms with Crippen molar-refractivity contribution in [2.45, 2.75) is 12.3 Å². The highest BCUT2D eigenvalue weighted by Gasteiger charge is 2.43. The number of amides is 2. The largest absolute Gasteiger partial charge is 0.354 e. The molecule has 6 rings (SSSR count). The molecule has 3 aromatic carbocycles. The number of nitrogens with zero attached hydrogens (tertiary/aromatic N) is 1. The fourth-order valence-electron chi connectivity index (χ4n) is 4.57. The fraction of sp³-hybridized carbons (Fsp3) is 0.115. The number of nitrogens with one attached hydrogen (secondary N) is 3. The Labute approximate surface area is 184 Å². The van der Waals surface area contributed by atoms with Crippen LogP contribution in [0, 0.1) is 5.92 Å². The number of H-pyrrole nitrogens is 1. The van der Waals surface area contributed by atoms with Gasteiger partial charge in [-0.3, -0.25) is 9.59 Å². The van der Waals surface area contributed by atoms with Crippen LogP contribution in [-0.4, -0.2) is 23.0 Å². The van der Waals surface area contributed by atoms with Crippen molar-refractivity contribution < 1.29 is 9.59 Å². The van der Waals surface area contributed by atoms with Crippen LogP contribution < -0.4 is 10.7 Å². The van der Waals surface area contributed by atoms with E-state index in [1.54, 1.807) is 12.3 Å². The standard InChI is InChI=1S/C26H20N4O2/c31-25(19-13-18(19)15-7-3-1-4-8-15)28-17-11-20-23-21(14-27-30-26(20)32)24(29-22(23)12-17)16-9-5-2-6-10-16/h1-12,14,18-19,29H,13H2,(H,28,31)(H,30,32)/t18-,19+/m1/s1. The van der Waals surface area contributed by atoms with Crippen molar-refractivity contribution in [1.82, 2.24) is 10.4 Å². The normalized spacial score (nSPS) is 18.8. The van der Waals surface area contributed by atoms with Crippen LogP contribution in [0.5, 0.6) is 0 Å². The Morgan fingerprint density at radius 3 is 2.53 bits per heavy atom. The van der Waals surface area contributed by atoms with Gasteiger partial charge in [0.1, 0.15) is 0 Å². The summed E-state index contributed by atoms with van der Waals surface area (Å²) < 4.78 is 0. The third-order valence-corrected chi connectivity index (χ3v) is 6.23. The van der Waals surface area contributed by atoms with Gasteiger partial charge in [-0.1, -0.05) is 60.7 Å². The van der Waals surface area contributed by atoms with Crippen molar-refractivity contribution in [1.29, 1.82) is 0 Å². The maximum atomic E-state index is 12.9. The van der Waals surface area contributed by atoms with Crippen LogP contribution in [0.3, 0.4) is 0 Å². The summed E-state index contributed by atoms with van der Waals surface area (Å²) in [6.07, 6.45) is 2.51. The van der Waals surface area contributed by atoms with Gasteiger partial charge in [0.25, 0.3) is 5.91 Å². The average molecular weight is 420 g/mol. The van der Waals surface area contributed by atoms with Crippen molar-refractivity contribution in [2.24, 2.45) is 11.0 Å². The van der Waals surface area contributed by atoms with Gasteiger partial charge in [-0.05, 0) is 35.6 Å². The lowest BCUT2D eigenvalue weighted by Gasteiger charge is -2.08. The molecule has 3 N–H and O–H groups in total. The van der Waals surface area contributed by atoms with Crippen LogP contribution in [0.4, 0.5) is 5.69 Å². The van der Waals surface area contributed by atoms with E-state index in [0.717, 1.165) is 34.1 Å². The summed E-state index contributed by atoms with van der Waals surface area (Å²) in [6.45, 7) is 0. The van der Waals surface area contributed by atoms with Crippen LogP contribution in [0.2, 0.25) is 0 Å². The average Bonchev–Trinajstić information content (AvgIpc) is 3.57. The minimum Gasteiger partial charge on any atom is -0.354 e. The predicted molar refractivity (Wildman–Crippen MR) is 125 cm³/mol. The lowest BCUT2D eigenvalue weighted by molar-refractivity contribution is -0.117. The van der Waals surface area contributed by atoms with E-state index in [1.807, 2.05) is 54.6 Å². The van der Waals surface area contributed by atoms with Crippen LogP contribution in [0.25, 0.3) is 22.2 Å². The topological polar surface area (TPSA) is 86.3 Å². The molecule has 0 spiro atoms. The molecule has 1 aliphatic heterocycles. The van der Waals surface area contributed by atoms with E-state index in [2.05, 4.69) is 33.0 Å². The molecule has 6 nitrogen and oxygen atoms in total.